The quantitative estimate of drug-likeness (QED) is 0.790. The molecule has 1 N–H and O–H groups in total. The standard InChI is InChI=1S/C12H14BrClFN3O/c1-17-2-4-18(5-3-17)12(19)16-11-7-9(14)8(13)6-10(11)15/h6-7H,2-5H2,1H3,(H,16,19). The van der Waals surface area contributed by atoms with Gasteiger partial charge in [-0.25, -0.2) is 9.18 Å². The lowest BCUT2D eigenvalue weighted by Crippen LogP contribution is -2.48. The van der Waals surface area contributed by atoms with E-state index in [2.05, 4.69) is 26.1 Å². The second-order valence-electron chi connectivity index (χ2n) is 4.47. The lowest BCUT2D eigenvalue weighted by molar-refractivity contribution is 0.164. The third-order valence-corrected chi connectivity index (χ3v) is 4.24. The van der Waals surface area contributed by atoms with Crippen LogP contribution in [0.15, 0.2) is 16.6 Å². The van der Waals surface area contributed by atoms with Crippen molar-refractivity contribution in [2.45, 2.75) is 0 Å². The van der Waals surface area contributed by atoms with Crippen LogP contribution in [-0.2, 0) is 0 Å². The van der Waals surface area contributed by atoms with Crippen LogP contribution in [-0.4, -0.2) is 49.1 Å². The molecule has 19 heavy (non-hydrogen) atoms. The highest BCUT2D eigenvalue weighted by molar-refractivity contribution is 9.10. The molecule has 1 aliphatic heterocycles. The minimum atomic E-state index is -0.515. The molecule has 0 spiro atoms. The van der Waals surface area contributed by atoms with Crippen molar-refractivity contribution in [1.82, 2.24) is 9.80 Å². The summed E-state index contributed by atoms with van der Waals surface area (Å²) in [4.78, 5) is 15.8. The molecule has 0 atom stereocenters. The van der Waals surface area contributed by atoms with Gasteiger partial charge in [0.2, 0.25) is 0 Å². The Morgan fingerprint density at radius 1 is 1.37 bits per heavy atom. The molecule has 1 fully saturated rings. The SMILES string of the molecule is CN1CCN(C(=O)Nc2cc(Cl)c(Br)cc2F)CC1. The lowest BCUT2D eigenvalue weighted by Gasteiger charge is -2.32. The van der Waals surface area contributed by atoms with Gasteiger partial charge in [0.15, 0.2) is 0 Å². The number of halogens is 3. The Balaban J connectivity index is 2.05. The fraction of sp³-hybridized carbons (Fsp3) is 0.417. The molecule has 1 aromatic carbocycles. The fourth-order valence-electron chi connectivity index (χ4n) is 1.82. The number of likely N-dealkylation sites (N-methyl/N-ethyl adjacent to an activating group) is 1. The molecular formula is C12H14BrClFN3O. The lowest BCUT2D eigenvalue weighted by atomic mass is 10.3. The van der Waals surface area contributed by atoms with E-state index in [1.807, 2.05) is 7.05 Å². The summed E-state index contributed by atoms with van der Waals surface area (Å²) in [6.07, 6.45) is 0. The fourth-order valence-corrected chi connectivity index (χ4v) is 2.30. The Hall–Kier alpha value is -0.850. The topological polar surface area (TPSA) is 35.6 Å². The summed E-state index contributed by atoms with van der Waals surface area (Å²) in [6, 6.07) is 2.34. The van der Waals surface area contributed by atoms with Crippen LogP contribution in [0.25, 0.3) is 0 Å². The first kappa shape index (κ1) is 14.6. The van der Waals surface area contributed by atoms with Crippen LogP contribution < -0.4 is 5.32 Å². The minimum absolute atomic E-state index is 0.0946. The maximum absolute atomic E-state index is 13.7. The second kappa shape index (κ2) is 6.07. The van der Waals surface area contributed by atoms with Crippen molar-refractivity contribution in [3.63, 3.8) is 0 Å². The van der Waals surface area contributed by atoms with Crippen LogP contribution in [0, 0.1) is 5.82 Å². The molecule has 0 saturated carbocycles. The summed E-state index contributed by atoms with van der Waals surface area (Å²) in [5.41, 5.74) is 0.0946. The van der Waals surface area contributed by atoms with Crippen molar-refractivity contribution in [1.29, 1.82) is 0 Å². The molecule has 2 rings (SSSR count). The number of hydrogen-bond acceptors (Lipinski definition) is 2. The Kier molecular flexibility index (Phi) is 4.65. The van der Waals surface area contributed by atoms with E-state index in [9.17, 15) is 9.18 Å². The number of carbonyl (C=O) groups excluding carboxylic acids is 1. The zero-order valence-corrected chi connectivity index (χ0v) is 12.8. The first-order valence-electron chi connectivity index (χ1n) is 5.86. The van der Waals surface area contributed by atoms with E-state index in [4.69, 9.17) is 11.6 Å². The van der Waals surface area contributed by atoms with E-state index in [1.165, 1.54) is 12.1 Å². The molecule has 104 valence electrons. The normalized spacial score (nSPS) is 16.5. The highest BCUT2D eigenvalue weighted by atomic mass is 79.9. The zero-order chi connectivity index (χ0) is 14.0. The van der Waals surface area contributed by atoms with Gasteiger partial charge >= 0.3 is 6.03 Å². The molecule has 0 bridgehead atoms. The van der Waals surface area contributed by atoms with Gasteiger partial charge < -0.3 is 15.1 Å². The molecule has 4 nitrogen and oxygen atoms in total. The third-order valence-electron chi connectivity index (χ3n) is 3.04. The van der Waals surface area contributed by atoms with Crippen molar-refractivity contribution in [2.75, 3.05) is 38.5 Å². The van der Waals surface area contributed by atoms with Gasteiger partial charge in [0.05, 0.1) is 10.7 Å². The number of urea groups is 1. The highest BCUT2D eigenvalue weighted by Gasteiger charge is 2.20. The second-order valence-corrected chi connectivity index (χ2v) is 5.73. The molecule has 2 amide bonds. The number of benzene rings is 1. The molecule has 1 heterocycles. The van der Waals surface area contributed by atoms with Gasteiger partial charge in [0.25, 0.3) is 0 Å². The van der Waals surface area contributed by atoms with Gasteiger partial charge in [-0.15, -0.1) is 0 Å². The molecule has 1 saturated heterocycles. The number of nitrogens with one attached hydrogen (secondary N) is 1. The van der Waals surface area contributed by atoms with Gasteiger partial charge in [-0.2, -0.15) is 0 Å². The summed E-state index contributed by atoms with van der Waals surface area (Å²) >= 11 is 9.02. The first-order valence-corrected chi connectivity index (χ1v) is 7.03. The van der Waals surface area contributed by atoms with Crippen molar-refractivity contribution in [3.8, 4) is 0 Å². The zero-order valence-electron chi connectivity index (χ0n) is 10.4. The molecule has 7 heteroatoms. The Morgan fingerprint density at radius 3 is 2.63 bits per heavy atom. The number of hydrogen-bond donors (Lipinski definition) is 1. The monoisotopic (exact) mass is 349 g/mol. The van der Waals surface area contributed by atoms with Gasteiger partial charge in [0, 0.05) is 30.7 Å². The summed E-state index contributed by atoms with van der Waals surface area (Å²) in [5.74, 6) is -0.515. The smallest absolute Gasteiger partial charge is 0.322 e. The van der Waals surface area contributed by atoms with E-state index in [1.54, 1.807) is 4.90 Å². The average molecular weight is 351 g/mol. The summed E-state index contributed by atoms with van der Waals surface area (Å²) in [5, 5.41) is 2.91. The molecule has 0 radical (unpaired) electrons. The maximum atomic E-state index is 13.7. The van der Waals surface area contributed by atoms with E-state index in [0.717, 1.165) is 13.1 Å². The van der Waals surface area contributed by atoms with Crippen molar-refractivity contribution < 1.29 is 9.18 Å². The Bertz CT molecular complexity index is 492. The highest BCUT2D eigenvalue weighted by Crippen LogP contribution is 2.28. The largest absolute Gasteiger partial charge is 0.322 e. The van der Waals surface area contributed by atoms with Crippen molar-refractivity contribution >= 4 is 39.2 Å². The predicted octanol–water partition coefficient (Wildman–Crippen LogP) is 3.02. The van der Waals surface area contributed by atoms with Crippen molar-refractivity contribution in [3.05, 3.63) is 27.4 Å². The molecule has 1 aromatic rings. The Labute approximate surface area is 124 Å². The maximum Gasteiger partial charge on any atom is 0.322 e. The first-order chi connectivity index (χ1) is 8.97. The van der Waals surface area contributed by atoms with E-state index in [-0.39, 0.29) is 11.7 Å². The van der Waals surface area contributed by atoms with E-state index < -0.39 is 5.82 Å². The summed E-state index contributed by atoms with van der Waals surface area (Å²) in [7, 11) is 2.00. The number of nitrogens with zero attached hydrogens (tertiary/aromatic N) is 2. The predicted molar refractivity (Wildman–Crippen MR) is 77.2 cm³/mol. The van der Waals surface area contributed by atoms with Gasteiger partial charge in [-0.05, 0) is 35.1 Å². The number of anilines is 1. The van der Waals surface area contributed by atoms with Crippen LogP contribution in [0.4, 0.5) is 14.9 Å². The van der Waals surface area contributed by atoms with Crippen LogP contribution >= 0.6 is 27.5 Å². The molecule has 0 unspecified atom stereocenters. The number of amides is 2. The Morgan fingerprint density at radius 2 is 2.00 bits per heavy atom. The third kappa shape index (κ3) is 3.58. The molecular weight excluding hydrogens is 337 g/mol. The average Bonchev–Trinajstić information content (AvgIpc) is 2.36. The minimum Gasteiger partial charge on any atom is -0.322 e. The van der Waals surface area contributed by atoms with Gasteiger partial charge in [0.1, 0.15) is 5.82 Å². The van der Waals surface area contributed by atoms with E-state index >= 15 is 0 Å². The van der Waals surface area contributed by atoms with Gasteiger partial charge in [-0.3, -0.25) is 0 Å². The van der Waals surface area contributed by atoms with Crippen LogP contribution in [0.3, 0.4) is 0 Å². The number of carbonyl (C=O) groups is 1. The van der Waals surface area contributed by atoms with Gasteiger partial charge in [-0.1, -0.05) is 11.6 Å². The summed E-state index contributed by atoms with van der Waals surface area (Å²) in [6.45, 7) is 2.90. The van der Waals surface area contributed by atoms with Crippen molar-refractivity contribution in [2.24, 2.45) is 0 Å². The van der Waals surface area contributed by atoms with Crippen LogP contribution in [0.2, 0.25) is 5.02 Å². The molecule has 0 aliphatic carbocycles. The molecule has 1 aliphatic rings. The number of piperazine rings is 1. The van der Waals surface area contributed by atoms with Crippen LogP contribution in [0.1, 0.15) is 0 Å². The van der Waals surface area contributed by atoms with E-state index in [0.29, 0.717) is 22.6 Å². The summed E-state index contributed by atoms with van der Waals surface area (Å²) < 4.78 is 14.2. The van der Waals surface area contributed by atoms with Crippen LogP contribution in [0.5, 0.6) is 0 Å². The molecule has 0 aromatic heterocycles. The number of rotatable bonds is 1.